The van der Waals surface area contributed by atoms with Crippen molar-refractivity contribution in [2.45, 2.75) is 31.9 Å². The zero-order valence-corrected chi connectivity index (χ0v) is 20.6. The number of anilines is 1. The highest BCUT2D eigenvalue weighted by molar-refractivity contribution is 6.31. The molecule has 0 saturated carbocycles. The Labute approximate surface area is 220 Å². The van der Waals surface area contributed by atoms with Crippen molar-refractivity contribution in [3.63, 3.8) is 0 Å². The van der Waals surface area contributed by atoms with Crippen LogP contribution in [0.3, 0.4) is 0 Å². The number of amides is 2. The number of halogens is 4. The topological polar surface area (TPSA) is 118 Å². The zero-order chi connectivity index (χ0) is 27.7. The summed E-state index contributed by atoms with van der Waals surface area (Å²) >= 11 is 5.60. The molecule has 2 amide bonds. The molecule has 0 radical (unpaired) electrons. The zero-order valence-electron chi connectivity index (χ0n) is 19.8. The van der Waals surface area contributed by atoms with Crippen molar-refractivity contribution in [2.24, 2.45) is 0 Å². The molecule has 8 nitrogen and oxygen atoms in total. The minimum atomic E-state index is -4.64. The van der Waals surface area contributed by atoms with Crippen molar-refractivity contribution in [1.29, 1.82) is 0 Å². The maximum atomic E-state index is 13.0. The highest BCUT2D eigenvalue weighted by atomic mass is 35.5. The molecule has 0 aliphatic rings. The highest BCUT2D eigenvalue weighted by Crippen LogP contribution is 2.36. The lowest BCUT2D eigenvalue weighted by Gasteiger charge is -2.12. The first-order valence-electron chi connectivity index (χ1n) is 11.4. The first-order chi connectivity index (χ1) is 18.0. The molecule has 1 aromatic heterocycles. The van der Waals surface area contributed by atoms with Gasteiger partial charge in [-0.1, -0.05) is 23.7 Å². The molecule has 0 fully saturated rings. The maximum Gasteiger partial charge on any atom is 0.417 e. The number of pyridine rings is 1. The Bertz CT molecular complexity index is 1320. The molecule has 2 aromatic carbocycles. The van der Waals surface area contributed by atoms with Gasteiger partial charge < -0.3 is 20.5 Å². The third kappa shape index (κ3) is 8.77. The van der Waals surface area contributed by atoms with Crippen LogP contribution in [0, 0.1) is 0 Å². The summed E-state index contributed by atoms with van der Waals surface area (Å²) in [6.45, 7) is 0.190. The molecule has 0 bridgehead atoms. The first kappa shape index (κ1) is 28.5. The van der Waals surface area contributed by atoms with E-state index in [4.69, 9.17) is 21.4 Å². The second-order valence-electron chi connectivity index (χ2n) is 8.12. The molecule has 12 heteroatoms. The number of benzene rings is 2. The van der Waals surface area contributed by atoms with E-state index in [1.165, 1.54) is 18.3 Å². The standard InChI is InChI=1S/C26H23ClF3N3O5/c27-21-8-7-17(14-20(21)26(28,29)30)33-23(34)9-6-16-3-1-4-18(13-16)38-19-10-12-31-22(15-19)25(37)32-11-2-5-24(35)36/h1,3-4,7-8,10,12-15H,2,5-6,9,11H2,(H,32,37)(H,33,34)(H,35,36). The number of ether oxygens (including phenoxy) is 1. The number of nitrogens with one attached hydrogen (secondary N) is 2. The van der Waals surface area contributed by atoms with Crippen molar-refractivity contribution >= 4 is 35.1 Å². The summed E-state index contributed by atoms with van der Waals surface area (Å²) < 4.78 is 44.9. The molecule has 0 atom stereocenters. The van der Waals surface area contributed by atoms with Gasteiger partial charge in [0.1, 0.15) is 17.2 Å². The number of aromatic nitrogens is 1. The normalized spacial score (nSPS) is 11.1. The third-order valence-electron chi connectivity index (χ3n) is 5.15. The van der Waals surface area contributed by atoms with Gasteiger partial charge in [0.15, 0.2) is 0 Å². The van der Waals surface area contributed by atoms with Crippen LogP contribution < -0.4 is 15.4 Å². The molecule has 0 aliphatic heterocycles. The van der Waals surface area contributed by atoms with E-state index in [-0.39, 0.29) is 37.2 Å². The van der Waals surface area contributed by atoms with Gasteiger partial charge in [0, 0.05) is 37.3 Å². The predicted octanol–water partition coefficient (Wildman–Crippen LogP) is 5.71. The van der Waals surface area contributed by atoms with Crippen LogP contribution in [0.2, 0.25) is 5.02 Å². The lowest BCUT2D eigenvalue weighted by molar-refractivity contribution is -0.138. The monoisotopic (exact) mass is 549 g/mol. The Morgan fingerprint density at radius 1 is 1.00 bits per heavy atom. The molecule has 1 heterocycles. The van der Waals surface area contributed by atoms with E-state index < -0.39 is 34.5 Å². The number of hydrogen-bond acceptors (Lipinski definition) is 5. The number of rotatable bonds is 11. The molecule has 38 heavy (non-hydrogen) atoms. The minimum absolute atomic E-state index is 0.00882. The second-order valence-corrected chi connectivity index (χ2v) is 8.53. The van der Waals surface area contributed by atoms with Gasteiger partial charge in [-0.15, -0.1) is 0 Å². The molecular weight excluding hydrogens is 527 g/mol. The fraction of sp³-hybridized carbons (Fsp3) is 0.231. The van der Waals surface area contributed by atoms with E-state index in [2.05, 4.69) is 15.6 Å². The van der Waals surface area contributed by atoms with Gasteiger partial charge >= 0.3 is 12.1 Å². The van der Waals surface area contributed by atoms with Gasteiger partial charge in [0.05, 0.1) is 10.6 Å². The van der Waals surface area contributed by atoms with Crippen LogP contribution in [0.15, 0.2) is 60.8 Å². The lowest BCUT2D eigenvalue weighted by Crippen LogP contribution is -2.25. The number of alkyl halides is 3. The van der Waals surface area contributed by atoms with Crippen LogP contribution >= 0.6 is 11.6 Å². The molecule has 3 aromatic rings. The number of carbonyl (C=O) groups excluding carboxylic acids is 2. The number of aliphatic carboxylic acids is 1. The Morgan fingerprint density at radius 3 is 2.50 bits per heavy atom. The largest absolute Gasteiger partial charge is 0.481 e. The van der Waals surface area contributed by atoms with Crippen LogP contribution in [0.4, 0.5) is 18.9 Å². The number of nitrogens with zero attached hydrogens (tertiary/aromatic N) is 1. The van der Waals surface area contributed by atoms with E-state index in [0.29, 0.717) is 17.9 Å². The van der Waals surface area contributed by atoms with E-state index in [0.717, 1.165) is 17.7 Å². The molecule has 0 spiro atoms. The second kappa shape index (κ2) is 12.9. The summed E-state index contributed by atoms with van der Waals surface area (Å²) in [5, 5.41) is 13.2. The summed E-state index contributed by atoms with van der Waals surface area (Å²) in [6.07, 6.45) is -2.71. The quantitative estimate of drug-likeness (QED) is 0.264. The number of carboxylic acids is 1. The average Bonchev–Trinajstić information content (AvgIpc) is 2.86. The van der Waals surface area contributed by atoms with Crippen LogP contribution in [-0.2, 0) is 22.2 Å². The van der Waals surface area contributed by atoms with E-state index in [1.54, 1.807) is 30.3 Å². The molecule has 3 rings (SSSR count). The molecule has 200 valence electrons. The summed E-state index contributed by atoms with van der Waals surface area (Å²) in [5.74, 6) is -1.11. The number of carboxylic acid groups (broad SMARTS) is 1. The van der Waals surface area contributed by atoms with Crippen molar-refractivity contribution in [3.05, 3.63) is 82.6 Å². The molecule has 0 unspecified atom stereocenters. The predicted molar refractivity (Wildman–Crippen MR) is 133 cm³/mol. The van der Waals surface area contributed by atoms with Crippen LogP contribution in [0.1, 0.15) is 40.9 Å². The van der Waals surface area contributed by atoms with Crippen molar-refractivity contribution in [1.82, 2.24) is 10.3 Å². The Morgan fingerprint density at radius 2 is 1.76 bits per heavy atom. The lowest BCUT2D eigenvalue weighted by atomic mass is 10.1. The maximum absolute atomic E-state index is 13.0. The van der Waals surface area contributed by atoms with Crippen LogP contribution in [0.25, 0.3) is 0 Å². The van der Waals surface area contributed by atoms with Crippen LogP contribution in [-0.4, -0.2) is 34.4 Å². The summed E-state index contributed by atoms with van der Waals surface area (Å²) in [6, 6.07) is 13.0. The molecule has 0 saturated heterocycles. The van der Waals surface area contributed by atoms with Gasteiger partial charge in [-0.2, -0.15) is 13.2 Å². The Kier molecular flexibility index (Phi) is 9.66. The smallest absolute Gasteiger partial charge is 0.417 e. The summed E-state index contributed by atoms with van der Waals surface area (Å²) in [5.41, 5.74) is -0.198. The highest BCUT2D eigenvalue weighted by Gasteiger charge is 2.33. The summed E-state index contributed by atoms with van der Waals surface area (Å²) in [7, 11) is 0. The Hall–Kier alpha value is -4.12. The minimum Gasteiger partial charge on any atom is -0.481 e. The van der Waals surface area contributed by atoms with Gasteiger partial charge in [-0.3, -0.25) is 19.4 Å². The Balaban J connectivity index is 1.55. The molecular formula is C26H23ClF3N3O5. The third-order valence-corrected chi connectivity index (χ3v) is 5.48. The fourth-order valence-corrected chi connectivity index (χ4v) is 3.56. The van der Waals surface area contributed by atoms with Crippen LogP contribution in [0.5, 0.6) is 11.5 Å². The van der Waals surface area contributed by atoms with Crippen molar-refractivity contribution in [3.8, 4) is 11.5 Å². The molecule has 3 N–H and O–H groups in total. The van der Waals surface area contributed by atoms with E-state index >= 15 is 0 Å². The SMILES string of the molecule is O=C(O)CCCNC(=O)c1cc(Oc2cccc(CCC(=O)Nc3ccc(Cl)c(C(F)(F)F)c3)c2)ccn1. The van der Waals surface area contributed by atoms with Gasteiger partial charge in [-0.05, 0) is 54.8 Å². The van der Waals surface area contributed by atoms with Crippen molar-refractivity contribution in [2.75, 3.05) is 11.9 Å². The summed E-state index contributed by atoms with van der Waals surface area (Å²) in [4.78, 5) is 39.1. The fourth-order valence-electron chi connectivity index (χ4n) is 3.33. The van der Waals surface area contributed by atoms with Crippen molar-refractivity contribution < 1.29 is 37.4 Å². The van der Waals surface area contributed by atoms with Gasteiger partial charge in [0.25, 0.3) is 5.91 Å². The molecule has 0 aliphatic carbocycles. The average molecular weight is 550 g/mol. The number of aryl methyl sites for hydroxylation is 1. The first-order valence-corrected chi connectivity index (χ1v) is 11.8. The van der Waals surface area contributed by atoms with Gasteiger partial charge in [0.2, 0.25) is 5.91 Å². The number of hydrogen-bond donors (Lipinski definition) is 3. The van der Waals surface area contributed by atoms with E-state index in [1.807, 2.05) is 0 Å². The van der Waals surface area contributed by atoms with Gasteiger partial charge in [-0.25, -0.2) is 0 Å². The van der Waals surface area contributed by atoms with E-state index in [9.17, 15) is 27.6 Å². The number of carbonyl (C=O) groups is 3.